The second-order valence-electron chi connectivity index (χ2n) is 14.1. The number of aromatic nitrogens is 5. The number of carbonyl (C=O) groups is 1. The zero-order chi connectivity index (χ0) is 37.9. The summed E-state index contributed by atoms with van der Waals surface area (Å²) in [6.45, 7) is 2.51. The minimum Gasteiger partial charge on any atom is -0.481 e. The highest BCUT2D eigenvalue weighted by molar-refractivity contribution is 6.39. The van der Waals surface area contributed by atoms with Gasteiger partial charge < -0.3 is 25.4 Å². The summed E-state index contributed by atoms with van der Waals surface area (Å²) in [4.78, 5) is 56.1. The van der Waals surface area contributed by atoms with Crippen LogP contribution in [0.5, 0.6) is 5.88 Å². The van der Waals surface area contributed by atoms with Gasteiger partial charge in [-0.05, 0) is 43.4 Å². The van der Waals surface area contributed by atoms with Crippen LogP contribution < -0.4 is 26.6 Å². The predicted molar refractivity (Wildman–Crippen MR) is 207 cm³/mol. The number of methoxy groups -OCH3 is 1. The molecule has 8 rings (SSSR count). The Balaban J connectivity index is 1.09. The number of hydrogen-bond acceptors (Lipinski definition) is 10. The average Bonchev–Trinajstić information content (AvgIpc) is 3.79. The summed E-state index contributed by atoms with van der Waals surface area (Å²) in [5.74, 6) is 0.763. The van der Waals surface area contributed by atoms with Gasteiger partial charge in [-0.2, -0.15) is 0 Å². The van der Waals surface area contributed by atoms with Crippen molar-refractivity contribution in [3.05, 3.63) is 90.8 Å². The summed E-state index contributed by atoms with van der Waals surface area (Å²) in [7, 11) is 4.59. The van der Waals surface area contributed by atoms with E-state index in [4.69, 9.17) is 32.9 Å². The smallest absolute Gasteiger partial charge is 0.332 e. The number of carbonyl (C=O) groups excluding carboxylic acids is 1. The van der Waals surface area contributed by atoms with Crippen molar-refractivity contribution < 1.29 is 14.6 Å². The van der Waals surface area contributed by atoms with Crippen LogP contribution in [0.3, 0.4) is 0 Å². The number of urea groups is 1. The molecule has 3 N–H and O–H groups in total. The molecule has 0 saturated carbocycles. The highest BCUT2D eigenvalue weighted by Crippen LogP contribution is 2.47. The standard InChI is InChI=1S/C38H39Cl2N9O5/c1-46-33-29(35(51)47(2)37(46)53)32(41-20-42-33)43-25-9-5-7-23(31(25)40)22-6-4-8-24(30(22)39)26-18-21-10-11-27(28(21)34(44-26)54-3)49-15-13-38(19-49)12-14-48(16-17-50)36(52)45-38/h4-9,18,20,27,50H,10-17,19H2,1-3H3,(H,45,52)(H,41,42,43)/t27-,38+/m0/s1. The van der Waals surface area contributed by atoms with Crippen LogP contribution >= 0.6 is 23.2 Å². The number of aryl methyl sites for hydroxylation is 2. The Morgan fingerprint density at radius 3 is 2.50 bits per heavy atom. The highest BCUT2D eigenvalue weighted by atomic mass is 35.5. The van der Waals surface area contributed by atoms with Crippen LogP contribution in [-0.4, -0.2) is 90.5 Å². The molecule has 54 heavy (non-hydrogen) atoms. The second-order valence-corrected chi connectivity index (χ2v) is 14.9. The summed E-state index contributed by atoms with van der Waals surface area (Å²) in [6, 6.07) is 13.3. The second kappa shape index (κ2) is 14.0. The molecule has 0 radical (unpaired) electrons. The number of rotatable bonds is 8. The number of ether oxygens (including phenoxy) is 1. The largest absolute Gasteiger partial charge is 0.481 e. The van der Waals surface area contributed by atoms with Gasteiger partial charge in [0.15, 0.2) is 5.65 Å². The third kappa shape index (κ3) is 5.97. The number of likely N-dealkylation sites (tertiary alicyclic amines) is 1. The monoisotopic (exact) mass is 771 g/mol. The van der Waals surface area contributed by atoms with E-state index >= 15 is 0 Å². The molecular weight excluding hydrogens is 733 g/mol. The van der Waals surface area contributed by atoms with Crippen molar-refractivity contribution in [2.75, 3.05) is 45.2 Å². The number of hydrogen-bond donors (Lipinski definition) is 3. The fourth-order valence-electron chi connectivity index (χ4n) is 8.26. The van der Waals surface area contributed by atoms with Gasteiger partial charge in [0, 0.05) is 68.6 Å². The number of nitrogens with zero attached hydrogens (tertiary/aromatic N) is 7. The Labute approximate surface area is 320 Å². The topological polar surface area (TPSA) is 160 Å². The van der Waals surface area contributed by atoms with E-state index in [0.717, 1.165) is 60.0 Å². The number of halogens is 2. The Morgan fingerprint density at radius 1 is 1.00 bits per heavy atom. The van der Waals surface area contributed by atoms with Crippen LogP contribution in [0.4, 0.5) is 16.3 Å². The van der Waals surface area contributed by atoms with Crippen molar-refractivity contribution >= 4 is 51.8 Å². The first-order valence-electron chi connectivity index (χ1n) is 17.8. The molecule has 3 aromatic heterocycles. The minimum absolute atomic E-state index is 0.0490. The summed E-state index contributed by atoms with van der Waals surface area (Å²) in [5, 5.41) is 16.7. The third-order valence-electron chi connectivity index (χ3n) is 11.1. The van der Waals surface area contributed by atoms with Crippen LogP contribution in [-0.2, 0) is 20.5 Å². The Kier molecular flexibility index (Phi) is 9.33. The van der Waals surface area contributed by atoms with Gasteiger partial charge in [0.1, 0.15) is 17.5 Å². The van der Waals surface area contributed by atoms with Gasteiger partial charge in [-0.3, -0.25) is 18.8 Å². The normalized spacial score (nSPS) is 19.8. The molecule has 280 valence electrons. The third-order valence-corrected chi connectivity index (χ3v) is 11.9. The molecule has 1 spiro atoms. The first-order chi connectivity index (χ1) is 26.0. The number of aliphatic hydroxyl groups excluding tert-OH is 1. The molecule has 14 nitrogen and oxygen atoms in total. The van der Waals surface area contributed by atoms with Gasteiger partial charge in [0.05, 0.1) is 40.7 Å². The van der Waals surface area contributed by atoms with Crippen molar-refractivity contribution in [3.63, 3.8) is 0 Å². The average molecular weight is 773 g/mol. The Morgan fingerprint density at radius 2 is 1.74 bits per heavy atom. The van der Waals surface area contributed by atoms with Gasteiger partial charge in [-0.1, -0.05) is 53.5 Å². The summed E-state index contributed by atoms with van der Waals surface area (Å²) >= 11 is 14.2. The fourth-order valence-corrected chi connectivity index (χ4v) is 8.86. The number of β-amino-alcohol motifs (C(OH)–C–C–N with tert-alkyl or cyclic N) is 1. The van der Waals surface area contributed by atoms with Crippen LogP contribution in [0.2, 0.25) is 10.0 Å². The number of aliphatic hydroxyl groups is 1. The van der Waals surface area contributed by atoms with Crippen molar-refractivity contribution in [2.24, 2.45) is 14.1 Å². The van der Waals surface area contributed by atoms with E-state index in [1.165, 1.54) is 17.9 Å². The van der Waals surface area contributed by atoms with E-state index in [2.05, 4.69) is 31.6 Å². The number of amides is 2. The lowest BCUT2D eigenvalue weighted by Gasteiger charge is -2.40. The first-order valence-corrected chi connectivity index (χ1v) is 18.5. The molecule has 0 unspecified atom stereocenters. The minimum atomic E-state index is -0.531. The lowest BCUT2D eigenvalue weighted by molar-refractivity contribution is 0.127. The van der Waals surface area contributed by atoms with Gasteiger partial charge >= 0.3 is 11.7 Å². The van der Waals surface area contributed by atoms with Gasteiger partial charge in [-0.25, -0.2) is 24.5 Å². The maximum atomic E-state index is 13.1. The molecular formula is C38H39Cl2N9O5. The fraction of sp³-hybridized carbons (Fsp3) is 0.368. The van der Waals surface area contributed by atoms with Crippen molar-refractivity contribution in [1.29, 1.82) is 0 Å². The molecule has 3 aliphatic rings. The zero-order valence-corrected chi connectivity index (χ0v) is 31.5. The molecule has 5 heterocycles. The van der Waals surface area contributed by atoms with E-state index < -0.39 is 11.2 Å². The molecule has 2 aromatic carbocycles. The van der Waals surface area contributed by atoms with Crippen LogP contribution in [0.25, 0.3) is 33.4 Å². The molecule has 0 bridgehead atoms. The lowest BCUT2D eigenvalue weighted by Crippen LogP contribution is -2.61. The Bertz CT molecular complexity index is 2450. The van der Waals surface area contributed by atoms with E-state index in [9.17, 15) is 19.5 Å². The van der Waals surface area contributed by atoms with Crippen molar-refractivity contribution in [1.82, 2.24) is 39.2 Å². The van der Waals surface area contributed by atoms with Crippen LogP contribution in [0, 0.1) is 0 Å². The van der Waals surface area contributed by atoms with E-state index in [1.807, 2.05) is 30.3 Å². The SMILES string of the molecule is COc1nc(-c2cccc(-c3cccc(Nc4ncnc5c4c(=O)n(C)c(=O)n5C)c3Cl)c2Cl)cc2c1[C@@H](N1CC[C@]3(CCN(CCO)C(=O)N3)C1)CC2. The number of anilines is 2. The van der Waals surface area contributed by atoms with Gasteiger partial charge in [0.25, 0.3) is 5.56 Å². The first kappa shape index (κ1) is 36.0. The quantitative estimate of drug-likeness (QED) is 0.203. The van der Waals surface area contributed by atoms with Crippen molar-refractivity contribution in [2.45, 2.75) is 37.3 Å². The molecule has 2 amide bonds. The van der Waals surface area contributed by atoms with E-state index in [1.54, 1.807) is 25.1 Å². The molecule has 1 aliphatic carbocycles. The van der Waals surface area contributed by atoms with Gasteiger partial charge in [0.2, 0.25) is 5.88 Å². The van der Waals surface area contributed by atoms with E-state index in [0.29, 0.717) is 51.5 Å². The number of nitrogens with one attached hydrogen (secondary N) is 2. The molecule has 2 atom stereocenters. The van der Waals surface area contributed by atoms with Gasteiger partial charge in [-0.15, -0.1) is 0 Å². The Hall–Kier alpha value is -5.02. The molecule has 2 saturated heterocycles. The summed E-state index contributed by atoms with van der Waals surface area (Å²) < 4.78 is 8.25. The molecule has 2 aliphatic heterocycles. The highest BCUT2D eigenvalue weighted by Gasteiger charge is 2.46. The predicted octanol–water partition coefficient (Wildman–Crippen LogP) is 4.65. The molecule has 16 heteroatoms. The number of pyridine rings is 1. The molecule has 2 fully saturated rings. The maximum absolute atomic E-state index is 13.1. The molecule has 5 aromatic rings. The zero-order valence-electron chi connectivity index (χ0n) is 30.0. The lowest BCUT2D eigenvalue weighted by atomic mass is 9.92. The van der Waals surface area contributed by atoms with E-state index in [-0.39, 0.29) is 41.1 Å². The summed E-state index contributed by atoms with van der Waals surface area (Å²) in [5.41, 5.74) is 4.32. The maximum Gasteiger partial charge on any atom is 0.332 e. The van der Waals surface area contributed by atoms with Crippen molar-refractivity contribution in [3.8, 4) is 28.3 Å². The van der Waals surface area contributed by atoms with Crippen LogP contribution in [0.1, 0.15) is 36.4 Å². The number of fused-ring (bicyclic) bond motifs is 2. The van der Waals surface area contributed by atoms with Crippen LogP contribution in [0.15, 0.2) is 58.4 Å². The summed E-state index contributed by atoms with van der Waals surface area (Å²) in [6.07, 6.45) is 4.73. The number of benzene rings is 2.